The number of unbranched alkanes of at least 4 members (excludes halogenated alkanes) is 16. The zero-order valence-electron chi connectivity index (χ0n) is 37.3. The van der Waals surface area contributed by atoms with Gasteiger partial charge in [-0.15, -0.1) is 0 Å². The van der Waals surface area contributed by atoms with E-state index in [1.807, 2.05) is 21.1 Å². The third-order valence-electron chi connectivity index (χ3n) is 9.89. The number of allylic oxidation sites excluding steroid dienone is 10. The standard InChI is InChI=1S/C49H85NO7/c1-6-8-10-12-14-16-18-20-22-24-26-28-30-32-34-36-38-40-48(52)57-45(43-55-42-41-46(49(53)54)50(3,4)5)44-56-47(51)39-37-35-33-31-29-27-25-23-21-19-17-15-13-11-9-7-2/h14,16,20,22-23,25-26,28,32,34,45-46H,6-13,15,17-19,21,24,27,29-31,33,35-44H2,1-5H3/p+1/b16-14+,22-20+,25-23+,28-26+,34-32+. The fraction of sp³-hybridized carbons (Fsp3) is 0.735. The summed E-state index contributed by atoms with van der Waals surface area (Å²) < 4.78 is 17.2. The maximum absolute atomic E-state index is 12.7. The van der Waals surface area contributed by atoms with Crippen LogP contribution in [-0.2, 0) is 28.6 Å². The molecule has 0 spiro atoms. The molecule has 8 heteroatoms. The van der Waals surface area contributed by atoms with Crippen molar-refractivity contribution in [3.05, 3.63) is 60.8 Å². The van der Waals surface area contributed by atoms with Crippen LogP contribution in [0.1, 0.15) is 181 Å². The molecule has 2 unspecified atom stereocenters. The quantitative estimate of drug-likeness (QED) is 0.0285. The average molecular weight is 801 g/mol. The Morgan fingerprint density at radius 3 is 1.47 bits per heavy atom. The largest absolute Gasteiger partial charge is 0.477 e. The number of nitrogens with zero attached hydrogens (tertiary/aromatic N) is 1. The van der Waals surface area contributed by atoms with E-state index in [-0.39, 0.29) is 42.7 Å². The minimum Gasteiger partial charge on any atom is -0.477 e. The Kier molecular flexibility index (Phi) is 37.8. The first kappa shape index (κ1) is 54.0. The Morgan fingerprint density at radius 1 is 0.526 bits per heavy atom. The molecular weight excluding hydrogens is 715 g/mol. The van der Waals surface area contributed by atoms with Crippen LogP contribution in [0, 0.1) is 0 Å². The van der Waals surface area contributed by atoms with Gasteiger partial charge in [0.25, 0.3) is 0 Å². The Bertz CT molecular complexity index is 1120. The lowest BCUT2D eigenvalue weighted by Gasteiger charge is -2.31. The monoisotopic (exact) mass is 801 g/mol. The molecule has 0 amide bonds. The Balaban J connectivity index is 4.45. The van der Waals surface area contributed by atoms with Crippen LogP contribution in [0.15, 0.2) is 60.8 Å². The van der Waals surface area contributed by atoms with Crippen molar-refractivity contribution in [3.8, 4) is 0 Å². The molecule has 57 heavy (non-hydrogen) atoms. The molecule has 0 rings (SSSR count). The first-order valence-corrected chi connectivity index (χ1v) is 22.8. The molecule has 0 aromatic heterocycles. The van der Waals surface area contributed by atoms with Gasteiger partial charge in [-0.3, -0.25) is 9.59 Å². The summed E-state index contributed by atoms with van der Waals surface area (Å²) in [6, 6.07) is -0.627. The number of hydrogen-bond acceptors (Lipinski definition) is 6. The van der Waals surface area contributed by atoms with Crippen molar-refractivity contribution in [2.45, 2.75) is 193 Å². The van der Waals surface area contributed by atoms with Gasteiger partial charge in [0, 0.05) is 19.3 Å². The fourth-order valence-electron chi connectivity index (χ4n) is 6.31. The van der Waals surface area contributed by atoms with E-state index in [2.05, 4.69) is 74.6 Å². The fourth-order valence-corrected chi connectivity index (χ4v) is 6.31. The third-order valence-corrected chi connectivity index (χ3v) is 9.89. The van der Waals surface area contributed by atoms with Crippen molar-refractivity contribution in [2.24, 2.45) is 0 Å². The summed E-state index contributed by atoms with van der Waals surface area (Å²) in [5.74, 6) is -1.55. The SMILES string of the molecule is CCCCC/C=C/C/C=C/C/C=C/C/C=C/CCCC(=O)OC(COCCC(C(=O)O)[N+](C)(C)C)COC(=O)CCCCCCC/C=C/CCCCCCCCC. The lowest BCUT2D eigenvalue weighted by Crippen LogP contribution is -2.50. The second-order valence-corrected chi connectivity index (χ2v) is 16.3. The van der Waals surface area contributed by atoms with Crippen molar-refractivity contribution >= 4 is 17.9 Å². The molecule has 0 aromatic rings. The van der Waals surface area contributed by atoms with Crippen LogP contribution in [0.2, 0.25) is 0 Å². The van der Waals surface area contributed by atoms with Gasteiger partial charge in [0.2, 0.25) is 0 Å². The van der Waals surface area contributed by atoms with Gasteiger partial charge in [-0.05, 0) is 77.0 Å². The molecule has 328 valence electrons. The summed E-state index contributed by atoms with van der Waals surface area (Å²) in [6.07, 6.45) is 48.4. The molecule has 8 nitrogen and oxygen atoms in total. The molecule has 0 saturated carbocycles. The first-order valence-electron chi connectivity index (χ1n) is 22.8. The number of ether oxygens (including phenoxy) is 3. The zero-order chi connectivity index (χ0) is 42.1. The van der Waals surface area contributed by atoms with Crippen LogP contribution in [0.25, 0.3) is 0 Å². The molecule has 0 heterocycles. The summed E-state index contributed by atoms with van der Waals surface area (Å²) in [5.41, 5.74) is 0. The van der Waals surface area contributed by atoms with E-state index >= 15 is 0 Å². The number of rotatable bonds is 40. The number of carbonyl (C=O) groups is 3. The highest BCUT2D eigenvalue weighted by atomic mass is 16.6. The van der Waals surface area contributed by atoms with Gasteiger partial charge < -0.3 is 23.8 Å². The summed E-state index contributed by atoms with van der Waals surface area (Å²) in [5, 5.41) is 9.62. The molecule has 0 bridgehead atoms. The topological polar surface area (TPSA) is 99.1 Å². The highest BCUT2D eigenvalue weighted by Gasteiger charge is 2.31. The maximum atomic E-state index is 12.7. The molecule has 0 fully saturated rings. The van der Waals surface area contributed by atoms with Crippen LogP contribution in [0.3, 0.4) is 0 Å². The van der Waals surface area contributed by atoms with Crippen molar-refractivity contribution in [2.75, 3.05) is 41.0 Å². The van der Waals surface area contributed by atoms with Gasteiger partial charge in [-0.25, -0.2) is 4.79 Å². The molecule has 0 aromatic carbocycles. The number of esters is 2. The van der Waals surface area contributed by atoms with E-state index in [0.29, 0.717) is 19.3 Å². The van der Waals surface area contributed by atoms with Gasteiger partial charge in [-0.2, -0.15) is 0 Å². The minimum absolute atomic E-state index is 0.0349. The van der Waals surface area contributed by atoms with Crippen LogP contribution < -0.4 is 0 Å². The van der Waals surface area contributed by atoms with Gasteiger partial charge in [0.05, 0.1) is 34.4 Å². The number of aliphatic carboxylic acids is 1. The number of quaternary nitrogens is 1. The highest BCUT2D eigenvalue weighted by Crippen LogP contribution is 2.13. The highest BCUT2D eigenvalue weighted by molar-refractivity contribution is 5.72. The van der Waals surface area contributed by atoms with E-state index in [0.717, 1.165) is 57.8 Å². The molecule has 0 radical (unpaired) electrons. The van der Waals surface area contributed by atoms with Gasteiger partial charge in [-0.1, -0.05) is 145 Å². The second-order valence-electron chi connectivity index (χ2n) is 16.3. The van der Waals surface area contributed by atoms with Crippen LogP contribution >= 0.6 is 0 Å². The molecule has 1 N–H and O–H groups in total. The minimum atomic E-state index is -0.886. The summed E-state index contributed by atoms with van der Waals surface area (Å²) in [6.45, 7) is 4.63. The number of carboxylic acids is 1. The predicted molar refractivity (Wildman–Crippen MR) is 238 cm³/mol. The van der Waals surface area contributed by atoms with Gasteiger partial charge >= 0.3 is 17.9 Å². The second kappa shape index (κ2) is 39.8. The molecule has 0 aliphatic carbocycles. The third kappa shape index (κ3) is 38.3. The van der Waals surface area contributed by atoms with Gasteiger partial charge in [0.1, 0.15) is 6.61 Å². The smallest absolute Gasteiger partial charge is 0.362 e. The number of carbonyl (C=O) groups excluding carboxylic acids is 2. The average Bonchev–Trinajstić information content (AvgIpc) is 3.17. The zero-order valence-corrected chi connectivity index (χ0v) is 37.3. The van der Waals surface area contributed by atoms with E-state index < -0.39 is 18.1 Å². The van der Waals surface area contributed by atoms with E-state index in [9.17, 15) is 19.5 Å². The van der Waals surface area contributed by atoms with E-state index in [4.69, 9.17) is 14.2 Å². The van der Waals surface area contributed by atoms with Crippen molar-refractivity contribution in [1.82, 2.24) is 0 Å². The normalized spacial score (nSPS) is 13.5. The van der Waals surface area contributed by atoms with E-state index in [1.54, 1.807) is 0 Å². The molecule has 0 saturated heterocycles. The molecule has 2 atom stereocenters. The lowest BCUT2D eigenvalue weighted by atomic mass is 10.1. The summed E-state index contributed by atoms with van der Waals surface area (Å²) in [4.78, 5) is 37.0. The number of carboxylic acid groups (broad SMARTS) is 1. The summed E-state index contributed by atoms with van der Waals surface area (Å²) in [7, 11) is 5.50. The van der Waals surface area contributed by atoms with Crippen molar-refractivity contribution in [1.29, 1.82) is 0 Å². The van der Waals surface area contributed by atoms with Crippen molar-refractivity contribution < 1.29 is 38.2 Å². The molecule has 0 aliphatic rings. The van der Waals surface area contributed by atoms with Crippen LogP contribution in [0.5, 0.6) is 0 Å². The number of likely N-dealkylation sites (N-methyl/N-ethyl adjacent to an activating group) is 1. The van der Waals surface area contributed by atoms with E-state index in [1.165, 1.54) is 83.5 Å². The number of hydrogen-bond donors (Lipinski definition) is 1. The Labute approximate surface area is 349 Å². The Hall–Kier alpha value is -2.97. The molecule has 0 aliphatic heterocycles. The van der Waals surface area contributed by atoms with Crippen LogP contribution in [0.4, 0.5) is 0 Å². The van der Waals surface area contributed by atoms with Crippen LogP contribution in [-0.4, -0.2) is 80.6 Å². The predicted octanol–water partition coefficient (Wildman–Crippen LogP) is 12.6. The molecular formula is C49H86NO7+. The summed E-state index contributed by atoms with van der Waals surface area (Å²) >= 11 is 0. The van der Waals surface area contributed by atoms with Crippen molar-refractivity contribution in [3.63, 3.8) is 0 Å². The maximum Gasteiger partial charge on any atom is 0.362 e. The first-order chi connectivity index (χ1) is 27.6. The lowest BCUT2D eigenvalue weighted by molar-refractivity contribution is -0.887. The Morgan fingerprint density at radius 2 is 0.947 bits per heavy atom. The van der Waals surface area contributed by atoms with Gasteiger partial charge in [0.15, 0.2) is 12.1 Å².